The van der Waals surface area contributed by atoms with Crippen LogP contribution in [0.1, 0.15) is 17.3 Å². The Bertz CT molecular complexity index is 674. The molecule has 4 nitrogen and oxygen atoms in total. The molecule has 6 heteroatoms. The highest BCUT2D eigenvalue weighted by atomic mass is 127. The average Bonchev–Trinajstić information content (AvgIpc) is 2.49. The molecule has 0 aromatic heterocycles. The van der Waals surface area contributed by atoms with Crippen LogP contribution in [0, 0.1) is 3.57 Å². The summed E-state index contributed by atoms with van der Waals surface area (Å²) in [5.74, 6) is 0.617. The summed E-state index contributed by atoms with van der Waals surface area (Å²) in [6, 6.07) is 10.7. The first-order valence-electron chi connectivity index (χ1n) is 6.62. The summed E-state index contributed by atoms with van der Waals surface area (Å²) in [6.07, 6.45) is 0. The Morgan fingerprint density at radius 3 is 2.55 bits per heavy atom. The van der Waals surface area contributed by atoms with Gasteiger partial charge in [0, 0.05) is 14.8 Å². The third kappa shape index (κ3) is 4.04. The van der Waals surface area contributed by atoms with Crippen LogP contribution in [0.25, 0.3) is 0 Å². The zero-order valence-corrected chi connectivity index (χ0v) is 15.1. The van der Waals surface area contributed by atoms with Crippen molar-refractivity contribution >= 4 is 45.8 Å². The van der Waals surface area contributed by atoms with Crippen molar-refractivity contribution in [2.75, 3.05) is 19.0 Å². The van der Waals surface area contributed by atoms with E-state index in [-0.39, 0.29) is 5.91 Å². The van der Waals surface area contributed by atoms with Crippen molar-refractivity contribution in [3.63, 3.8) is 0 Å². The van der Waals surface area contributed by atoms with Crippen LogP contribution in [0.5, 0.6) is 11.5 Å². The van der Waals surface area contributed by atoms with Crippen molar-refractivity contribution in [2.24, 2.45) is 0 Å². The second-order valence-corrected chi connectivity index (χ2v) is 6.04. The normalized spacial score (nSPS) is 10.2. The Labute approximate surface area is 147 Å². The third-order valence-corrected chi connectivity index (χ3v) is 3.88. The summed E-state index contributed by atoms with van der Waals surface area (Å²) in [7, 11) is 1.51. The molecule has 1 N–H and O–H groups in total. The Balaban J connectivity index is 2.27. The predicted molar refractivity (Wildman–Crippen MR) is 96.3 cm³/mol. The number of benzene rings is 2. The molecule has 0 fully saturated rings. The molecule has 0 aliphatic heterocycles. The summed E-state index contributed by atoms with van der Waals surface area (Å²) >= 11 is 8.36. The standard InChI is InChI=1S/C16H15ClINO3/c1-3-22-14-9-10(8-13(17)15(14)21-2)16(20)19-12-6-4-11(18)5-7-12/h4-9H,3H2,1-2H3,(H,19,20). The number of nitrogens with one attached hydrogen (secondary N) is 1. The van der Waals surface area contributed by atoms with Gasteiger partial charge in [0.05, 0.1) is 18.7 Å². The van der Waals surface area contributed by atoms with Crippen molar-refractivity contribution in [1.29, 1.82) is 0 Å². The van der Waals surface area contributed by atoms with E-state index in [1.54, 1.807) is 12.1 Å². The molecule has 116 valence electrons. The number of methoxy groups -OCH3 is 1. The predicted octanol–water partition coefficient (Wildman–Crippen LogP) is 4.60. The molecule has 22 heavy (non-hydrogen) atoms. The van der Waals surface area contributed by atoms with Crippen LogP contribution in [0.15, 0.2) is 36.4 Å². The van der Waals surface area contributed by atoms with Crippen molar-refractivity contribution in [1.82, 2.24) is 0 Å². The maximum absolute atomic E-state index is 12.3. The quantitative estimate of drug-likeness (QED) is 0.704. The Kier molecular flexibility index (Phi) is 5.90. The van der Waals surface area contributed by atoms with E-state index in [4.69, 9.17) is 21.1 Å². The van der Waals surface area contributed by atoms with E-state index in [0.29, 0.717) is 28.7 Å². The third-order valence-electron chi connectivity index (χ3n) is 2.88. The molecule has 0 unspecified atom stereocenters. The van der Waals surface area contributed by atoms with Gasteiger partial charge < -0.3 is 14.8 Å². The summed E-state index contributed by atoms with van der Waals surface area (Å²) in [4.78, 5) is 12.3. The lowest BCUT2D eigenvalue weighted by Gasteiger charge is -2.13. The van der Waals surface area contributed by atoms with Gasteiger partial charge in [-0.05, 0) is 65.9 Å². The Morgan fingerprint density at radius 1 is 1.27 bits per heavy atom. The number of carbonyl (C=O) groups excluding carboxylic acids is 1. The molecule has 0 heterocycles. The SMILES string of the molecule is CCOc1cc(C(=O)Nc2ccc(I)cc2)cc(Cl)c1OC. The number of anilines is 1. The molecule has 0 aliphatic carbocycles. The molecule has 0 bridgehead atoms. The van der Waals surface area contributed by atoms with E-state index in [1.165, 1.54) is 7.11 Å². The zero-order chi connectivity index (χ0) is 16.1. The van der Waals surface area contributed by atoms with Crippen LogP contribution in [0.2, 0.25) is 5.02 Å². The summed E-state index contributed by atoms with van der Waals surface area (Å²) < 4.78 is 11.8. The molecule has 0 radical (unpaired) electrons. The minimum absolute atomic E-state index is 0.258. The molecular weight excluding hydrogens is 417 g/mol. The monoisotopic (exact) mass is 431 g/mol. The smallest absolute Gasteiger partial charge is 0.255 e. The highest BCUT2D eigenvalue weighted by Crippen LogP contribution is 2.36. The van der Waals surface area contributed by atoms with Gasteiger partial charge in [0.15, 0.2) is 11.5 Å². The molecule has 0 atom stereocenters. The number of amides is 1. The van der Waals surface area contributed by atoms with Crippen LogP contribution >= 0.6 is 34.2 Å². The summed E-state index contributed by atoms with van der Waals surface area (Å²) in [5.41, 5.74) is 1.13. The van der Waals surface area contributed by atoms with Gasteiger partial charge in [-0.2, -0.15) is 0 Å². The van der Waals surface area contributed by atoms with Gasteiger partial charge in [0.2, 0.25) is 0 Å². The minimum atomic E-state index is -0.258. The second-order valence-electron chi connectivity index (χ2n) is 4.38. The fourth-order valence-corrected chi connectivity index (χ4v) is 2.54. The molecule has 0 saturated carbocycles. The molecule has 1 amide bonds. The highest BCUT2D eigenvalue weighted by molar-refractivity contribution is 14.1. The fourth-order valence-electron chi connectivity index (χ4n) is 1.90. The van der Waals surface area contributed by atoms with Gasteiger partial charge in [0.25, 0.3) is 5.91 Å². The lowest BCUT2D eigenvalue weighted by atomic mass is 10.1. The van der Waals surface area contributed by atoms with Crippen molar-refractivity contribution < 1.29 is 14.3 Å². The topological polar surface area (TPSA) is 47.6 Å². The zero-order valence-electron chi connectivity index (χ0n) is 12.2. The molecule has 0 saturated heterocycles. The molecule has 0 aliphatic rings. The van der Waals surface area contributed by atoms with Gasteiger partial charge in [-0.3, -0.25) is 4.79 Å². The van der Waals surface area contributed by atoms with E-state index in [0.717, 1.165) is 9.26 Å². The fraction of sp³-hybridized carbons (Fsp3) is 0.188. The Morgan fingerprint density at radius 2 is 1.95 bits per heavy atom. The van der Waals surface area contributed by atoms with Gasteiger partial charge in [-0.15, -0.1) is 0 Å². The summed E-state index contributed by atoms with van der Waals surface area (Å²) in [6.45, 7) is 2.31. The lowest BCUT2D eigenvalue weighted by Crippen LogP contribution is -2.12. The molecule has 0 spiro atoms. The highest BCUT2D eigenvalue weighted by Gasteiger charge is 2.15. The largest absolute Gasteiger partial charge is 0.491 e. The van der Waals surface area contributed by atoms with Crippen molar-refractivity contribution in [2.45, 2.75) is 6.92 Å². The van der Waals surface area contributed by atoms with Crippen molar-refractivity contribution in [3.8, 4) is 11.5 Å². The van der Waals surface area contributed by atoms with Crippen molar-refractivity contribution in [3.05, 3.63) is 50.6 Å². The second kappa shape index (κ2) is 7.69. The van der Waals surface area contributed by atoms with E-state index < -0.39 is 0 Å². The van der Waals surface area contributed by atoms with Gasteiger partial charge in [0.1, 0.15) is 0 Å². The van der Waals surface area contributed by atoms with Crippen LogP contribution in [-0.4, -0.2) is 19.6 Å². The van der Waals surface area contributed by atoms with E-state index in [1.807, 2.05) is 31.2 Å². The molecule has 2 aromatic rings. The maximum atomic E-state index is 12.3. The van der Waals surface area contributed by atoms with Crippen LogP contribution in [-0.2, 0) is 0 Å². The van der Waals surface area contributed by atoms with Gasteiger partial charge in [-0.25, -0.2) is 0 Å². The number of halogens is 2. The van der Waals surface area contributed by atoms with E-state index >= 15 is 0 Å². The van der Waals surface area contributed by atoms with E-state index in [9.17, 15) is 4.79 Å². The van der Waals surface area contributed by atoms with Gasteiger partial charge >= 0.3 is 0 Å². The number of hydrogen-bond acceptors (Lipinski definition) is 3. The number of hydrogen-bond donors (Lipinski definition) is 1. The number of rotatable bonds is 5. The molecule has 2 rings (SSSR count). The number of carbonyl (C=O) groups is 1. The first-order valence-corrected chi connectivity index (χ1v) is 8.08. The Hall–Kier alpha value is -1.47. The van der Waals surface area contributed by atoms with Crippen LogP contribution < -0.4 is 14.8 Å². The van der Waals surface area contributed by atoms with Gasteiger partial charge in [-0.1, -0.05) is 11.6 Å². The first kappa shape index (κ1) is 16.9. The van der Waals surface area contributed by atoms with Crippen LogP contribution in [0.4, 0.5) is 5.69 Å². The lowest BCUT2D eigenvalue weighted by molar-refractivity contribution is 0.102. The summed E-state index contributed by atoms with van der Waals surface area (Å²) in [5, 5.41) is 3.16. The average molecular weight is 432 g/mol. The molecular formula is C16H15ClINO3. The molecule has 2 aromatic carbocycles. The minimum Gasteiger partial charge on any atom is -0.491 e. The van der Waals surface area contributed by atoms with Crippen LogP contribution in [0.3, 0.4) is 0 Å². The maximum Gasteiger partial charge on any atom is 0.255 e. The first-order chi connectivity index (χ1) is 10.5. The number of ether oxygens (including phenoxy) is 2. The van der Waals surface area contributed by atoms with E-state index in [2.05, 4.69) is 27.9 Å².